The van der Waals surface area contributed by atoms with Crippen LogP contribution in [-0.2, 0) is 9.31 Å². The van der Waals surface area contributed by atoms with Gasteiger partial charge in [0, 0.05) is 88.0 Å². The first-order chi connectivity index (χ1) is 32.7. The van der Waals surface area contributed by atoms with Crippen LogP contribution < -0.4 is 36.4 Å². The molecule has 6 aromatic rings. The van der Waals surface area contributed by atoms with Crippen LogP contribution in [0, 0.1) is 0 Å². The lowest BCUT2D eigenvalue weighted by molar-refractivity contribution is 0.00578. The highest BCUT2D eigenvalue weighted by atomic mass is 79.9. The summed E-state index contributed by atoms with van der Waals surface area (Å²) >= 11 is 3.50. The molecule has 70 heavy (non-hydrogen) atoms. The van der Waals surface area contributed by atoms with E-state index in [0.29, 0.717) is 0 Å². The molecule has 4 aromatic carbocycles. The van der Waals surface area contributed by atoms with Crippen molar-refractivity contribution in [3.05, 3.63) is 135 Å². The Morgan fingerprint density at radius 1 is 0.500 bits per heavy atom. The van der Waals surface area contributed by atoms with Gasteiger partial charge in [0.1, 0.15) is 12.7 Å². The number of piperazine rings is 2. The second kappa shape index (κ2) is 23.1. The molecule has 0 unspecified atom stereocenters. The SMILES string of the molecule is C.CCC(CC)n1ncn(-c2ccc(N3CCN(c4ccc(B5OC(C)(C)C(C)(C)O5)cc4)CC3)cc2)c1=O.CCC(CC)n1ncn(-c2ccc(N3CCN(c4ccc(Br)cc4)CC3)cc2)c1=O.[B]. The van der Waals surface area contributed by atoms with Crippen LogP contribution in [0.5, 0.6) is 0 Å². The number of benzene rings is 4. The third kappa shape index (κ3) is 11.5. The molecule has 3 fully saturated rings. The molecule has 3 radical (unpaired) electrons. The summed E-state index contributed by atoms with van der Waals surface area (Å²) in [6.45, 7) is 24.4. The Morgan fingerprint density at radius 3 is 1.07 bits per heavy atom. The first-order valence-electron chi connectivity index (χ1n) is 24.5. The molecule has 0 aliphatic carbocycles. The highest BCUT2D eigenvalue weighted by Gasteiger charge is 2.51. The quantitative estimate of drug-likeness (QED) is 0.104. The highest BCUT2D eigenvalue weighted by molar-refractivity contribution is 9.10. The molecular formula is C53H72B2BrN10O4. The van der Waals surface area contributed by atoms with E-state index >= 15 is 0 Å². The lowest BCUT2D eigenvalue weighted by atomic mass is 9.79. The van der Waals surface area contributed by atoms with E-state index in [1.807, 2.05) is 24.3 Å². The Hall–Kier alpha value is -5.51. The minimum atomic E-state index is -0.337. The highest BCUT2D eigenvalue weighted by Crippen LogP contribution is 2.36. The average molecular weight is 1010 g/mol. The Labute approximate surface area is 426 Å². The number of anilines is 4. The summed E-state index contributed by atoms with van der Waals surface area (Å²) in [5.74, 6) is 0. The molecule has 3 saturated heterocycles. The molecule has 5 heterocycles. The maximum absolute atomic E-state index is 12.9. The number of aromatic nitrogens is 6. The molecule has 371 valence electrons. The minimum Gasteiger partial charge on any atom is -0.399 e. The maximum atomic E-state index is 12.9. The van der Waals surface area contributed by atoms with E-state index in [9.17, 15) is 9.59 Å². The fourth-order valence-corrected chi connectivity index (χ4v) is 9.59. The van der Waals surface area contributed by atoms with Gasteiger partial charge in [-0.25, -0.2) is 28.1 Å². The van der Waals surface area contributed by atoms with Gasteiger partial charge in [0.2, 0.25) is 0 Å². The summed E-state index contributed by atoms with van der Waals surface area (Å²) in [6.07, 6.45) is 6.85. The summed E-state index contributed by atoms with van der Waals surface area (Å²) < 4.78 is 20.0. The topological polar surface area (TPSA) is 111 Å². The summed E-state index contributed by atoms with van der Waals surface area (Å²) in [5.41, 5.74) is 6.77. The fourth-order valence-electron chi connectivity index (χ4n) is 9.32. The fraction of sp³-hybridized carbons (Fsp3) is 0.472. The van der Waals surface area contributed by atoms with Crippen molar-refractivity contribution in [3.63, 3.8) is 0 Å². The van der Waals surface area contributed by atoms with Gasteiger partial charge in [-0.1, -0.05) is 63.2 Å². The molecule has 14 nitrogen and oxygen atoms in total. The minimum absolute atomic E-state index is 0. The van der Waals surface area contributed by atoms with Crippen LogP contribution in [0.15, 0.2) is 124 Å². The number of rotatable bonds is 13. The van der Waals surface area contributed by atoms with Gasteiger partial charge in [0.25, 0.3) is 0 Å². The van der Waals surface area contributed by atoms with Crippen molar-refractivity contribution in [2.45, 2.75) is 112 Å². The Balaban J connectivity index is 0.000000229. The number of hydrogen-bond acceptors (Lipinski definition) is 10. The zero-order valence-electron chi connectivity index (χ0n) is 41.7. The average Bonchev–Trinajstić information content (AvgIpc) is 4.00. The van der Waals surface area contributed by atoms with Crippen LogP contribution in [0.1, 0.15) is 101 Å². The number of nitrogens with zero attached hydrogens (tertiary/aromatic N) is 10. The van der Waals surface area contributed by atoms with Gasteiger partial charge >= 0.3 is 18.5 Å². The van der Waals surface area contributed by atoms with E-state index in [1.165, 1.54) is 22.7 Å². The van der Waals surface area contributed by atoms with E-state index in [1.54, 1.807) is 31.2 Å². The molecule has 17 heteroatoms. The van der Waals surface area contributed by atoms with Crippen LogP contribution >= 0.6 is 15.9 Å². The number of halogens is 1. The summed E-state index contributed by atoms with van der Waals surface area (Å²) in [4.78, 5) is 35.3. The van der Waals surface area contributed by atoms with Crippen LogP contribution in [0.2, 0.25) is 0 Å². The van der Waals surface area contributed by atoms with E-state index in [2.05, 4.69) is 174 Å². The molecule has 0 saturated carbocycles. The molecule has 0 spiro atoms. The second-order valence-corrected chi connectivity index (χ2v) is 19.9. The van der Waals surface area contributed by atoms with Crippen molar-refractivity contribution in [2.75, 3.05) is 72.0 Å². The van der Waals surface area contributed by atoms with Gasteiger partial charge in [-0.3, -0.25) is 0 Å². The zero-order chi connectivity index (χ0) is 48.2. The molecule has 2 aromatic heterocycles. The predicted molar refractivity (Wildman–Crippen MR) is 293 cm³/mol. The van der Waals surface area contributed by atoms with Crippen molar-refractivity contribution in [2.24, 2.45) is 0 Å². The first-order valence-corrected chi connectivity index (χ1v) is 25.3. The van der Waals surface area contributed by atoms with E-state index in [0.717, 1.165) is 99.4 Å². The number of hydrogen-bond donors (Lipinski definition) is 0. The lowest BCUT2D eigenvalue weighted by Gasteiger charge is -2.37. The standard InChI is InChI=1S/C29H40BN5O3.C23H28BrN5O.CH4.B/c1-7-23(8-2)35-27(36)34(21-31-35)26-15-13-25(14-16-26)33-19-17-32(18-20-33)24-11-9-22(10-12-24)30-37-28(3,4)29(5,6)38-30;1-3-19(4-2)29-23(30)28(17-25-29)22-11-9-21(10-12-22)27-15-13-26(14-16-27)20-7-5-18(24)6-8-20;;/h9-16,21,23H,7-8,17-20H2,1-6H3;5-12,17,19H,3-4,13-16H2,1-2H3;1H4;. The molecule has 0 N–H and O–H groups in total. The monoisotopic (exact) mass is 1010 g/mol. The maximum Gasteiger partial charge on any atom is 0.494 e. The van der Waals surface area contributed by atoms with Gasteiger partial charge in [-0.05, 0) is 144 Å². The largest absolute Gasteiger partial charge is 0.494 e. The third-order valence-electron chi connectivity index (χ3n) is 14.5. The van der Waals surface area contributed by atoms with Crippen molar-refractivity contribution < 1.29 is 9.31 Å². The van der Waals surface area contributed by atoms with Gasteiger partial charge in [0.15, 0.2) is 0 Å². The third-order valence-corrected chi connectivity index (χ3v) is 15.0. The molecule has 0 bridgehead atoms. The molecule has 3 aliphatic rings. The molecule has 0 amide bonds. The lowest BCUT2D eigenvalue weighted by Crippen LogP contribution is -2.46. The van der Waals surface area contributed by atoms with Gasteiger partial charge < -0.3 is 28.9 Å². The summed E-state index contributed by atoms with van der Waals surface area (Å²) in [7, 11) is -0.334. The summed E-state index contributed by atoms with van der Waals surface area (Å²) in [6, 6.07) is 33.8. The molecule has 0 atom stereocenters. The van der Waals surface area contributed by atoms with Crippen molar-refractivity contribution in [3.8, 4) is 11.4 Å². The van der Waals surface area contributed by atoms with Crippen LogP contribution in [0.4, 0.5) is 22.7 Å². The second-order valence-electron chi connectivity index (χ2n) is 19.0. The Morgan fingerprint density at radius 2 is 0.771 bits per heavy atom. The van der Waals surface area contributed by atoms with E-state index in [4.69, 9.17) is 9.31 Å². The molecule has 3 aliphatic heterocycles. The van der Waals surface area contributed by atoms with Crippen molar-refractivity contribution in [1.82, 2.24) is 28.7 Å². The van der Waals surface area contributed by atoms with Gasteiger partial charge in [-0.2, -0.15) is 10.2 Å². The Bertz CT molecular complexity index is 2660. The van der Waals surface area contributed by atoms with Gasteiger partial charge in [0.05, 0.1) is 34.7 Å². The first kappa shape index (κ1) is 53.8. The van der Waals surface area contributed by atoms with Gasteiger partial charge in [-0.15, -0.1) is 0 Å². The van der Waals surface area contributed by atoms with Crippen LogP contribution in [0.3, 0.4) is 0 Å². The normalized spacial score (nSPS) is 16.5. The Kier molecular flexibility index (Phi) is 17.8. The molecular weight excluding hydrogens is 942 g/mol. The summed E-state index contributed by atoms with van der Waals surface area (Å²) in [5, 5.41) is 8.70. The van der Waals surface area contributed by atoms with Crippen molar-refractivity contribution >= 4 is 59.7 Å². The van der Waals surface area contributed by atoms with Crippen LogP contribution in [-0.4, -0.2) is 108 Å². The molecule has 9 rings (SSSR count). The predicted octanol–water partition coefficient (Wildman–Crippen LogP) is 8.76. The van der Waals surface area contributed by atoms with E-state index < -0.39 is 0 Å². The van der Waals surface area contributed by atoms with E-state index in [-0.39, 0.29) is 57.6 Å². The smallest absolute Gasteiger partial charge is 0.399 e. The zero-order valence-corrected chi connectivity index (χ0v) is 43.3. The van der Waals surface area contributed by atoms with Crippen LogP contribution in [0.25, 0.3) is 11.4 Å². The van der Waals surface area contributed by atoms with Crippen molar-refractivity contribution in [1.29, 1.82) is 0 Å².